The highest BCUT2D eigenvalue weighted by Crippen LogP contribution is 2.38. The van der Waals surface area contributed by atoms with Crippen LogP contribution in [-0.2, 0) is 0 Å². The van der Waals surface area contributed by atoms with Crippen LogP contribution >= 0.6 is 23.2 Å². The van der Waals surface area contributed by atoms with Gasteiger partial charge in [-0.1, -0.05) is 53.5 Å². The Morgan fingerprint density at radius 2 is 1.67 bits per heavy atom. The maximum atomic E-state index is 14.1. The van der Waals surface area contributed by atoms with Gasteiger partial charge in [0.2, 0.25) is 0 Å². The number of hydrogen-bond acceptors (Lipinski definition) is 4. The maximum Gasteiger partial charge on any atom is 0.259 e. The lowest BCUT2D eigenvalue weighted by Gasteiger charge is -2.27. The fourth-order valence-electron chi connectivity index (χ4n) is 3.73. The summed E-state index contributed by atoms with van der Waals surface area (Å²) in [5.41, 5.74) is 3.23. The summed E-state index contributed by atoms with van der Waals surface area (Å²) in [6, 6.07) is 19.5. The number of nitrogens with zero attached hydrogens (tertiary/aromatic N) is 3. The van der Waals surface area contributed by atoms with E-state index >= 15 is 0 Å². The third-order valence-corrected chi connectivity index (χ3v) is 6.22. The Balaban J connectivity index is 1.88. The van der Waals surface area contributed by atoms with Crippen molar-refractivity contribution < 1.29 is 9.90 Å². The number of halogens is 2. The molecule has 0 spiro atoms. The van der Waals surface area contributed by atoms with Crippen LogP contribution in [-0.4, -0.2) is 48.1 Å². The second-order valence-corrected chi connectivity index (χ2v) is 8.72. The standard InChI is InChI=1S/C26H23Cl2N3O2/c1-30(2)15-16-31(23-13-14-29-22-6-4-3-5-19(22)23)26(33)20-11-12-21(27)25(28)24(20)17-7-9-18(32)10-8-17/h3-14,32H,15-16H2,1-2H3. The van der Waals surface area contributed by atoms with Gasteiger partial charge in [0.25, 0.3) is 5.91 Å². The molecule has 0 aliphatic rings. The Bertz CT molecular complexity index is 1300. The minimum Gasteiger partial charge on any atom is -0.508 e. The SMILES string of the molecule is CN(C)CCN(C(=O)c1ccc(Cl)c(Cl)c1-c1ccc(O)cc1)c1ccnc2ccccc12. The molecule has 3 aromatic carbocycles. The van der Waals surface area contributed by atoms with Gasteiger partial charge >= 0.3 is 0 Å². The van der Waals surface area contributed by atoms with Gasteiger partial charge in [-0.25, -0.2) is 0 Å². The Morgan fingerprint density at radius 1 is 0.939 bits per heavy atom. The number of carbonyl (C=O) groups is 1. The van der Waals surface area contributed by atoms with Gasteiger partial charge in [-0.2, -0.15) is 0 Å². The van der Waals surface area contributed by atoms with Crippen LogP contribution in [0.1, 0.15) is 10.4 Å². The van der Waals surface area contributed by atoms with E-state index in [1.165, 1.54) is 0 Å². The van der Waals surface area contributed by atoms with Gasteiger partial charge in [0, 0.05) is 35.8 Å². The molecule has 0 fully saturated rings. The average molecular weight is 480 g/mol. The van der Waals surface area contributed by atoms with Crippen molar-refractivity contribution in [2.45, 2.75) is 0 Å². The van der Waals surface area contributed by atoms with Gasteiger partial charge in [0.15, 0.2) is 0 Å². The molecule has 0 aliphatic heterocycles. The van der Waals surface area contributed by atoms with Crippen molar-refractivity contribution in [1.82, 2.24) is 9.88 Å². The predicted molar refractivity (Wildman–Crippen MR) is 136 cm³/mol. The van der Waals surface area contributed by atoms with E-state index < -0.39 is 0 Å². The number of hydrogen-bond donors (Lipinski definition) is 1. The molecule has 0 saturated heterocycles. The zero-order chi connectivity index (χ0) is 23.5. The lowest BCUT2D eigenvalue weighted by Crippen LogP contribution is -2.37. The van der Waals surface area contributed by atoms with Crippen LogP contribution in [0.2, 0.25) is 10.0 Å². The molecule has 168 valence electrons. The number of aromatic hydroxyl groups is 1. The monoisotopic (exact) mass is 479 g/mol. The molecule has 0 bridgehead atoms. The number of likely N-dealkylation sites (N-methyl/N-ethyl adjacent to an activating group) is 1. The molecule has 5 nitrogen and oxygen atoms in total. The summed E-state index contributed by atoms with van der Waals surface area (Å²) in [5, 5.41) is 11.3. The average Bonchev–Trinajstić information content (AvgIpc) is 2.81. The molecule has 0 radical (unpaired) electrons. The minimum absolute atomic E-state index is 0.126. The first-order chi connectivity index (χ1) is 15.9. The summed E-state index contributed by atoms with van der Waals surface area (Å²) in [5.74, 6) is -0.0736. The van der Waals surface area contributed by atoms with E-state index in [0.29, 0.717) is 39.8 Å². The van der Waals surface area contributed by atoms with Crippen molar-refractivity contribution in [1.29, 1.82) is 0 Å². The number of aromatic nitrogens is 1. The van der Waals surface area contributed by atoms with Crippen LogP contribution in [0.25, 0.3) is 22.0 Å². The molecule has 1 heterocycles. The molecule has 7 heteroatoms. The highest BCUT2D eigenvalue weighted by molar-refractivity contribution is 6.44. The molecule has 0 aliphatic carbocycles. The van der Waals surface area contributed by atoms with Gasteiger partial charge in [-0.15, -0.1) is 0 Å². The third-order valence-electron chi connectivity index (χ3n) is 5.41. The third kappa shape index (κ3) is 4.81. The lowest BCUT2D eigenvalue weighted by molar-refractivity contribution is 0.0986. The second-order valence-electron chi connectivity index (χ2n) is 7.94. The summed E-state index contributed by atoms with van der Waals surface area (Å²) in [4.78, 5) is 22.3. The van der Waals surface area contributed by atoms with Gasteiger partial charge in [-0.05, 0) is 56.1 Å². The van der Waals surface area contributed by atoms with Crippen molar-refractivity contribution >= 4 is 45.7 Å². The normalized spacial score (nSPS) is 11.2. The smallest absolute Gasteiger partial charge is 0.259 e. The van der Waals surface area contributed by atoms with Crippen molar-refractivity contribution in [2.75, 3.05) is 32.1 Å². The number of anilines is 1. The number of phenols is 1. The van der Waals surface area contributed by atoms with E-state index in [2.05, 4.69) is 4.98 Å². The second kappa shape index (κ2) is 9.79. The summed E-state index contributed by atoms with van der Waals surface area (Å²) in [7, 11) is 3.93. The van der Waals surface area contributed by atoms with Crippen molar-refractivity contribution in [2.24, 2.45) is 0 Å². The summed E-state index contributed by atoms with van der Waals surface area (Å²) < 4.78 is 0. The van der Waals surface area contributed by atoms with E-state index in [4.69, 9.17) is 23.2 Å². The summed E-state index contributed by atoms with van der Waals surface area (Å²) in [6.07, 6.45) is 1.71. The quantitative estimate of drug-likeness (QED) is 0.361. The fraction of sp³-hybridized carbons (Fsp3) is 0.154. The maximum absolute atomic E-state index is 14.1. The Labute approximate surface area is 202 Å². The molecular formula is C26H23Cl2N3O2. The number of amides is 1. The Hall–Kier alpha value is -3.12. The van der Waals surface area contributed by atoms with Crippen LogP contribution in [0.4, 0.5) is 5.69 Å². The number of para-hydroxylation sites is 1. The molecule has 0 unspecified atom stereocenters. The Morgan fingerprint density at radius 3 is 2.39 bits per heavy atom. The van der Waals surface area contributed by atoms with Crippen LogP contribution in [0, 0.1) is 0 Å². The Kier molecular flexibility index (Phi) is 6.84. The molecule has 0 atom stereocenters. The van der Waals surface area contributed by atoms with E-state index in [0.717, 1.165) is 16.6 Å². The van der Waals surface area contributed by atoms with Crippen molar-refractivity contribution in [3.63, 3.8) is 0 Å². The topological polar surface area (TPSA) is 56.7 Å². The molecule has 1 aromatic heterocycles. The number of benzene rings is 3. The molecule has 1 N–H and O–H groups in total. The van der Waals surface area contributed by atoms with Crippen molar-refractivity contribution in [3.8, 4) is 16.9 Å². The van der Waals surface area contributed by atoms with Crippen LogP contribution in [0.15, 0.2) is 72.9 Å². The first kappa shape index (κ1) is 23.1. The van der Waals surface area contributed by atoms with Crippen LogP contribution < -0.4 is 4.90 Å². The predicted octanol–water partition coefficient (Wildman–Crippen LogP) is 6.12. The largest absolute Gasteiger partial charge is 0.508 e. The van der Waals surface area contributed by atoms with E-state index in [1.54, 1.807) is 47.5 Å². The zero-order valence-corrected chi connectivity index (χ0v) is 19.8. The molecule has 0 saturated carbocycles. The number of carbonyl (C=O) groups excluding carboxylic acids is 1. The number of pyridine rings is 1. The van der Waals surface area contributed by atoms with E-state index in [1.807, 2.05) is 49.3 Å². The zero-order valence-electron chi connectivity index (χ0n) is 18.3. The molecule has 33 heavy (non-hydrogen) atoms. The first-order valence-electron chi connectivity index (χ1n) is 10.4. The highest BCUT2D eigenvalue weighted by atomic mass is 35.5. The number of phenolic OH excluding ortho intramolecular Hbond substituents is 1. The van der Waals surface area contributed by atoms with Crippen LogP contribution in [0.5, 0.6) is 5.75 Å². The van der Waals surface area contributed by atoms with E-state index in [9.17, 15) is 9.90 Å². The van der Waals surface area contributed by atoms with E-state index in [-0.39, 0.29) is 11.7 Å². The number of fused-ring (bicyclic) bond motifs is 1. The molecule has 1 amide bonds. The molecule has 4 aromatic rings. The van der Waals surface area contributed by atoms with Gasteiger partial charge < -0.3 is 14.9 Å². The minimum atomic E-state index is -0.199. The van der Waals surface area contributed by atoms with Gasteiger partial charge in [-0.3, -0.25) is 9.78 Å². The number of rotatable bonds is 6. The summed E-state index contributed by atoms with van der Waals surface area (Å²) in [6.45, 7) is 1.13. The summed E-state index contributed by atoms with van der Waals surface area (Å²) >= 11 is 12.9. The van der Waals surface area contributed by atoms with Gasteiger partial charge in [0.05, 0.1) is 21.2 Å². The lowest BCUT2D eigenvalue weighted by atomic mass is 9.98. The fourth-order valence-corrected chi connectivity index (χ4v) is 4.16. The molecular weight excluding hydrogens is 457 g/mol. The first-order valence-corrected chi connectivity index (χ1v) is 11.2. The van der Waals surface area contributed by atoms with Crippen molar-refractivity contribution in [3.05, 3.63) is 88.5 Å². The van der Waals surface area contributed by atoms with Crippen LogP contribution in [0.3, 0.4) is 0 Å². The van der Waals surface area contributed by atoms with Gasteiger partial charge in [0.1, 0.15) is 5.75 Å². The highest BCUT2D eigenvalue weighted by Gasteiger charge is 2.25. The molecule has 4 rings (SSSR count).